The quantitative estimate of drug-likeness (QED) is 0.715. The maximum Gasteiger partial charge on any atom is 0.123 e. The molecule has 2 aromatic carbocycles. The predicted molar refractivity (Wildman–Crippen MR) is 95.8 cm³/mol. The van der Waals surface area contributed by atoms with Crippen LogP contribution in [0.15, 0.2) is 60.1 Å². The van der Waals surface area contributed by atoms with E-state index in [0.717, 1.165) is 17.3 Å². The van der Waals surface area contributed by atoms with E-state index in [9.17, 15) is 0 Å². The van der Waals surface area contributed by atoms with Gasteiger partial charge < -0.3 is 10.1 Å². The predicted octanol–water partition coefficient (Wildman–Crippen LogP) is 4.67. The van der Waals surface area contributed by atoms with Crippen molar-refractivity contribution in [1.82, 2.24) is 10.3 Å². The van der Waals surface area contributed by atoms with Crippen LogP contribution in [-0.2, 0) is 6.54 Å². The summed E-state index contributed by atoms with van der Waals surface area (Å²) in [4.78, 5) is 4.37. The first-order valence-electron chi connectivity index (χ1n) is 7.62. The monoisotopic (exact) mass is 324 g/mol. The van der Waals surface area contributed by atoms with Crippen LogP contribution in [0.2, 0.25) is 0 Å². The molecule has 0 spiro atoms. The van der Waals surface area contributed by atoms with Gasteiger partial charge in [-0.05, 0) is 36.2 Å². The summed E-state index contributed by atoms with van der Waals surface area (Å²) < 4.78 is 5.29. The number of hydrogen-bond donors (Lipinski definition) is 1. The molecule has 3 nitrogen and oxygen atoms in total. The molecule has 1 heterocycles. The highest BCUT2D eigenvalue weighted by Gasteiger charge is 2.07. The number of thiazole rings is 1. The third-order valence-corrected chi connectivity index (χ3v) is 4.63. The number of ether oxygens (including phenoxy) is 1. The third kappa shape index (κ3) is 3.97. The molecule has 3 rings (SSSR count). The molecule has 0 saturated carbocycles. The van der Waals surface area contributed by atoms with Crippen LogP contribution in [0.25, 0.3) is 10.6 Å². The zero-order valence-corrected chi connectivity index (χ0v) is 14.1. The fraction of sp³-hybridized carbons (Fsp3) is 0.211. The summed E-state index contributed by atoms with van der Waals surface area (Å²) >= 11 is 1.66. The van der Waals surface area contributed by atoms with Crippen molar-refractivity contribution in [2.45, 2.75) is 19.5 Å². The van der Waals surface area contributed by atoms with Crippen LogP contribution in [0, 0.1) is 0 Å². The second-order valence-corrected chi connectivity index (χ2v) is 6.31. The minimum Gasteiger partial charge on any atom is -0.497 e. The van der Waals surface area contributed by atoms with Gasteiger partial charge in [0.2, 0.25) is 0 Å². The molecule has 3 aromatic rings. The van der Waals surface area contributed by atoms with E-state index in [4.69, 9.17) is 4.74 Å². The minimum atomic E-state index is 0.258. The Hall–Kier alpha value is -2.17. The van der Waals surface area contributed by atoms with Crippen molar-refractivity contribution in [1.29, 1.82) is 0 Å². The molecule has 1 atom stereocenters. The molecule has 118 valence electrons. The topological polar surface area (TPSA) is 34.1 Å². The summed E-state index contributed by atoms with van der Waals surface area (Å²) in [5.74, 6) is 0.891. The summed E-state index contributed by atoms with van der Waals surface area (Å²) in [7, 11) is 1.70. The Morgan fingerprint density at radius 3 is 2.83 bits per heavy atom. The maximum atomic E-state index is 5.29. The van der Waals surface area contributed by atoms with Crippen LogP contribution in [-0.4, -0.2) is 12.1 Å². The van der Waals surface area contributed by atoms with Gasteiger partial charge in [-0.3, -0.25) is 0 Å². The smallest absolute Gasteiger partial charge is 0.123 e. The van der Waals surface area contributed by atoms with Gasteiger partial charge in [0.25, 0.3) is 0 Å². The van der Waals surface area contributed by atoms with Crippen molar-refractivity contribution < 1.29 is 4.74 Å². The highest BCUT2D eigenvalue weighted by atomic mass is 32.1. The summed E-state index contributed by atoms with van der Waals surface area (Å²) in [6.45, 7) is 2.98. The normalized spacial score (nSPS) is 12.1. The van der Waals surface area contributed by atoms with Crippen molar-refractivity contribution in [2.75, 3.05) is 7.11 Å². The van der Waals surface area contributed by atoms with E-state index in [2.05, 4.69) is 53.6 Å². The van der Waals surface area contributed by atoms with E-state index in [1.54, 1.807) is 18.4 Å². The summed E-state index contributed by atoms with van der Waals surface area (Å²) in [5.41, 5.74) is 3.65. The standard InChI is InChI=1S/C19H20N2OS/c1-14(16-6-4-8-18(12-16)22-2)21-13-15-5-3-7-17(11-15)19-20-9-10-23-19/h3-12,14,21H,13H2,1-2H3/t14-/m1/s1. The van der Waals surface area contributed by atoms with Gasteiger partial charge in [0.1, 0.15) is 10.8 Å². The van der Waals surface area contributed by atoms with E-state index in [1.807, 2.05) is 23.7 Å². The molecule has 1 N–H and O–H groups in total. The number of nitrogens with one attached hydrogen (secondary N) is 1. The van der Waals surface area contributed by atoms with Crippen molar-refractivity contribution >= 4 is 11.3 Å². The van der Waals surface area contributed by atoms with Gasteiger partial charge in [-0.15, -0.1) is 11.3 Å². The largest absolute Gasteiger partial charge is 0.497 e. The third-order valence-electron chi connectivity index (χ3n) is 3.81. The van der Waals surface area contributed by atoms with Crippen LogP contribution >= 0.6 is 11.3 Å². The van der Waals surface area contributed by atoms with Gasteiger partial charge in [0.15, 0.2) is 0 Å². The molecule has 0 saturated heterocycles. The lowest BCUT2D eigenvalue weighted by atomic mass is 10.1. The first-order chi connectivity index (χ1) is 11.3. The lowest BCUT2D eigenvalue weighted by Gasteiger charge is -2.15. The fourth-order valence-electron chi connectivity index (χ4n) is 2.48. The molecule has 0 fully saturated rings. The van der Waals surface area contributed by atoms with Gasteiger partial charge >= 0.3 is 0 Å². The summed E-state index contributed by atoms with van der Waals surface area (Å²) in [5, 5.41) is 6.63. The highest BCUT2D eigenvalue weighted by Crippen LogP contribution is 2.23. The molecule has 0 unspecified atom stereocenters. The number of aromatic nitrogens is 1. The van der Waals surface area contributed by atoms with Gasteiger partial charge in [-0.2, -0.15) is 0 Å². The number of nitrogens with zero attached hydrogens (tertiary/aromatic N) is 1. The average molecular weight is 324 g/mol. The molecule has 0 aliphatic carbocycles. The molecule has 0 radical (unpaired) electrons. The van der Waals surface area contributed by atoms with Gasteiger partial charge in [-0.25, -0.2) is 4.98 Å². The molecule has 4 heteroatoms. The second-order valence-electron chi connectivity index (χ2n) is 5.42. The lowest BCUT2D eigenvalue weighted by Crippen LogP contribution is -2.18. The van der Waals surface area contributed by atoms with Crippen molar-refractivity contribution in [3.8, 4) is 16.3 Å². The van der Waals surface area contributed by atoms with Crippen LogP contribution < -0.4 is 10.1 Å². The van der Waals surface area contributed by atoms with E-state index in [1.165, 1.54) is 16.7 Å². The molecule has 0 bridgehead atoms. The van der Waals surface area contributed by atoms with E-state index in [0.29, 0.717) is 0 Å². The Morgan fingerprint density at radius 2 is 2.04 bits per heavy atom. The Kier molecular flexibility index (Phi) is 5.05. The zero-order chi connectivity index (χ0) is 16.1. The highest BCUT2D eigenvalue weighted by molar-refractivity contribution is 7.13. The molecular weight excluding hydrogens is 304 g/mol. The molecule has 0 aliphatic heterocycles. The van der Waals surface area contributed by atoms with Crippen LogP contribution in [0.1, 0.15) is 24.1 Å². The first kappa shape index (κ1) is 15.7. The summed E-state index contributed by atoms with van der Waals surface area (Å²) in [6.07, 6.45) is 1.84. The molecular formula is C19H20N2OS. The second kappa shape index (κ2) is 7.40. The Bertz CT molecular complexity index is 756. The fourth-order valence-corrected chi connectivity index (χ4v) is 3.12. The van der Waals surface area contributed by atoms with Gasteiger partial charge in [0, 0.05) is 29.7 Å². The van der Waals surface area contributed by atoms with Gasteiger partial charge in [0.05, 0.1) is 7.11 Å². The first-order valence-corrected chi connectivity index (χ1v) is 8.50. The van der Waals surface area contributed by atoms with Gasteiger partial charge in [-0.1, -0.05) is 30.3 Å². The number of methoxy groups -OCH3 is 1. The molecule has 0 aliphatic rings. The molecule has 0 amide bonds. The van der Waals surface area contributed by atoms with Crippen molar-refractivity contribution in [3.63, 3.8) is 0 Å². The number of benzene rings is 2. The minimum absolute atomic E-state index is 0.258. The average Bonchev–Trinajstić information content (AvgIpc) is 3.14. The Morgan fingerprint density at radius 1 is 1.17 bits per heavy atom. The van der Waals surface area contributed by atoms with E-state index < -0.39 is 0 Å². The SMILES string of the molecule is COc1cccc([C@@H](C)NCc2cccc(-c3nccs3)c2)c1. The van der Waals surface area contributed by atoms with Crippen LogP contribution in [0.5, 0.6) is 5.75 Å². The number of rotatable bonds is 6. The molecule has 23 heavy (non-hydrogen) atoms. The summed E-state index contributed by atoms with van der Waals surface area (Å²) in [6, 6.07) is 17.0. The van der Waals surface area contributed by atoms with E-state index in [-0.39, 0.29) is 6.04 Å². The van der Waals surface area contributed by atoms with Crippen molar-refractivity contribution in [3.05, 3.63) is 71.2 Å². The molecule has 1 aromatic heterocycles. The van der Waals surface area contributed by atoms with Crippen molar-refractivity contribution in [2.24, 2.45) is 0 Å². The Balaban J connectivity index is 1.67. The maximum absolute atomic E-state index is 5.29. The van der Waals surface area contributed by atoms with Crippen LogP contribution in [0.4, 0.5) is 0 Å². The van der Waals surface area contributed by atoms with Crippen LogP contribution in [0.3, 0.4) is 0 Å². The zero-order valence-electron chi connectivity index (χ0n) is 13.3. The Labute approximate surface area is 141 Å². The van der Waals surface area contributed by atoms with E-state index >= 15 is 0 Å². The lowest BCUT2D eigenvalue weighted by molar-refractivity contribution is 0.413. The number of hydrogen-bond acceptors (Lipinski definition) is 4.